The summed E-state index contributed by atoms with van der Waals surface area (Å²) in [6.45, 7) is 4.58. The van der Waals surface area contributed by atoms with Gasteiger partial charge in [0.2, 0.25) is 0 Å². The molecular weight excluding hydrogens is 304 g/mol. The molecule has 25 heavy (non-hydrogen) atoms. The summed E-state index contributed by atoms with van der Waals surface area (Å²) in [6, 6.07) is 29.9. The molecule has 0 aliphatic rings. The molecule has 123 valence electrons. The lowest BCUT2D eigenvalue weighted by atomic mass is 9.92. The van der Waals surface area contributed by atoms with Gasteiger partial charge in [-0.05, 0) is 39.1 Å². The third-order valence-electron chi connectivity index (χ3n) is 4.64. The molecule has 0 unspecified atom stereocenters. The largest absolute Gasteiger partial charge is 0.369 e. The van der Waals surface area contributed by atoms with E-state index >= 15 is 0 Å². The highest BCUT2D eigenvalue weighted by atomic mass is 16.5. The summed E-state index contributed by atoms with van der Waals surface area (Å²) in [4.78, 5) is 0. The van der Waals surface area contributed by atoms with Crippen molar-refractivity contribution in [2.75, 3.05) is 6.61 Å². The minimum absolute atomic E-state index is 0.0982. The van der Waals surface area contributed by atoms with Crippen molar-refractivity contribution in [3.63, 3.8) is 0 Å². The second-order valence-corrected chi connectivity index (χ2v) is 6.24. The van der Waals surface area contributed by atoms with Crippen LogP contribution in [0.1, 0.15) is 23.7 Å². The van der Waals surface area contributed by atoms with E-state index in [4.69, 9.17) is 4.74 Å². The summed E-state index contributed by atoms with van der Waals surface area (Å²) in [6.07, 6.45) is 0.658. The Labute approximate surface area is 148 Å². The number of ether oxygens (including phenoxy) is 1. The van der Waals surface area contributed by atoms with Crippen LogP contribution in [-0.4, -0.2) is 6.61 Å². The monoisotopic (exact) mass is 325 g/mol. The topological polar surface area (TPSA) is 9.23 Å². The Balaban J connectivity index is 1.94. The molecule has 0 bridgehead atoms. The molecule has 0 saturated heterocycles. The molecule has 4 aromatic rings. The van der Waals surface area contributed by atoms with Crippen LogP contribution in [0.2, 0.25) is 0 Å². The predicted molar refractivity (Wildman–Crippen MR) is 106 cm³/mol. The van der Waals surface area contributed by atoms with Gasteiger partial charge in [-0.2, -0.15) is 0 Å². The smallest absolute Gasteiger partial charge is 0.109 e. The van der Waals surface area contributed by atoms with Crippen molar-refractivity contribution in [3.8, 4) is 0 Å². The molecule has 0 amide bonds. The SMILES string of the molecule is [CH2]CCOC(c1cccc2ccccc12)c1cccc2ccccc12. The van der Waals surface area contributed by atoms with Gasteiger partial charge in [0.25, 0.3) is 0 Å². The number of benzene rings is 4. The maximum absolute atomic E-state index is 6.32. The van der Waals surface area contributed by atoms with Crippen LogP contribution in [0.3, 0.4) is 0 Å². The maximum atomic E-state index is 6.32. The average Bonchev–Trinajstić information content (AvgIpc) is 2.68. The molecule has 4 aromatic carbocycles. The number of hydrogen-bond acceptors (Lipinski definition) is 1. The van der Waals surface area contributed by atoms with E-state index in [0.717, 1.165) is 6.42 Å². The quantitative estimate of drug-likeness (QED) is 0.417. The zero-order valence-corrected chi connectivity index (χ0v) is 14.2. The van der Waals surface area contributed by atoms with Crippen molar-refractivity contribution in [2.24, 2.45) is 0 Å². The molecule has 0 aliphatic heterocycles. The molecule has 0 aromatic heterocycles. The molecule has 4 rings (SSSR count). The van der Waals surface area contributed by atoms with Crippen LogP contribution >= 0.6 is 0 Å². The lowest BCUT2D eigenvalue weighted by Crippen LogP contribution is -2.08. The Kier molecular flexibility index (Phi) is 4.49. The molecule has 0 aliphatic carbocycles. The Morgan fingerprint density at radius 3 is 1.64 bits per heavy atom. The Morgan fingerprint density at radius 2 is 1.12 bits per heavy atom. The summed E-state index contributed by atoms with van der Waals surface area (Å²) in [5.41, 5.74) is 2.42. The Bertz CT molecular complexity index is 913. The molecule has 1 radical (unpaired) electrons. The van der Waals surface area contributed by atoms with Gasteiger partial charge in [0.1, 0.15) is 6.10 Å². The second-order valence-electron chi connectivity index (χ2n) is 6.24. The van der Waals surface area contributed by atoms with Gasteiger partial charge in [-0.1, -0.05) is 91.9 Å². The zero-order valence-electron chi connectivity index (χ0n) is 14.2. The van der Waals surface area contributed by atoms with E-state index in [2.05, 4.69) is 91.9 Å². The van der Waals surface area contributed by atoms with E-state index < -0.39 is 0 Å². The van der Waals surface area contributed by atoms with Crippen LogP contribution in [-0.2, 0) is 4.74 Å². The maximum Gasteiger partial charge on any atom is 0.109 e. The lowest BCUT2D eigenvalue weighted by molar-refractivity contribution is 0.0854. The third kappa shape index (κ3) is 3.04. The standard InChI is InChI=1S/C24H21O/c1-2-17-25-24(22-15-7-11-18-9-3-5-13-20(18)22)23-16-8-12-19-10-4-6-14-21(19)23/h3-16,24H,1-2,17H2. The molecule has 0 fully saturated rings. The van der Waals surface area contributed by atoms with Crippen LogP contribution in [0.25, 0.3) is 21.5 Å². The van der Waals surface area contributed by atoms with Crippen LogP contribution in [0.5, 0.6) is 0 Å². The highest BCUT2D eigenvalue weighted by Crippen LogP contribution is 2.35. The summed E-state index contributed by atoms with van der Waals surface area (Å²) in [5, 5.41) is 4.96. The number of hydrogen-bond donors (Lipinski definition) is 0. The number of rotatable bonds is 5. The van der Waals surface area contributed by atoms with Crippen LogP contribution in [0, 0.1) is 6.92 Å². The minimum Gasteiger partial charge on any atom is -0.369 e. The van der Waals surface area contributed by atoms with Crippen molar-refractivity contribution in [2.45, 2.75) is 12.5 Å². The van der Waals surface area contributed by atoms with E-state index in [1.54, 1.807) is 0 Å². The first-order valence-electron chi connectivity index (χ1n) is 8.74. The molecule has 0 heterocycles. The lowest BCUT2D eigenvalue weighted by Gasteiger charge is -2.22. The van der Waals surface area contributed by atoms with Crippen LogP contribution in [0.15, 0.2) is 84.9 Å². The van der Waals surface area contributed by atoms with E-state index in [9.17, 15) is 0 Å². The first kappa shape index (κ1) is 15.9. The average molecular weight is 325 g/mol. The number of fused-ring (bicyclic) bond motifs is 2. The van der Waals surface area contributed by atoms with Gasteiger partial charge in [-0.25, -0.2) is 0 Å². The fraction of sp³-hybridized carbons (Fsp3) is 0.125. The van der Waals surface area contributed by atoms with Crippen LogP contribution in [0.4, 0.5) is 0 Å². The molecule has 1 heteroatoms. The highest BCUT2D eigenvalue weighted by Gasteiger charge is 2.19. The van der Waals surface area contributed by atoms with E-state index in [1.165, 1.54) is 32.7 Å². The molecule has 1 nitrogen and oxygen atoms in total. The van der Waals surface area contributed by atoms with Crippen molar-refractivity contribution < 1.29 is 4.74 Å². The molecule has 0 atom stereocenters. The fourth-order valence-electron chi connectivity index (χ4n) is 3.51. The van der Waals surface area contributed by atoms with Gasteiger partial charge in [0, 0.05) is 6.61 Å². The van der Waals surface area contributed by atoms with Gasteiger partial charge in [-0.3, -0.25) is 0 Å². The first-order chi connectivity index (χ1) is 12.4. The van der Waals surface area contributed by atoms with Crippen molar-refractivity contribution in [3.05, 3.63) is 103 Å². The van der Waals surface area contributed by atoms with Crippen molar-refractivity contribution >= 4 is 21.5 Å². The fourth-order valence-corrected chi connectivity index (χ4v) is 3.51. The van der Waals surface area contributed by atoms with Gasteiger partial charge in [0.15, 0.2) is 0 Å². The zero-order chi connectivity index (χ0) is 17.1. The molecule has 0 N–H and O–H groups in total. The summed E-state index contributed by atoms with van der Waals surface area (Å²) in [7, 11) is 0. The molecule has 0 saturated carbocycles. The minimum atomic E-state index is -0.0982. The highest BCUT2D eigenvalue weighted by molar-refractivity contribution is 5.89. The Hall–Kier alpha value is -2.64. The van der Waals surface area contributed by atoms with Crippen molar-refractivity contribution in [1.29, 1.82) is 0 Å². The normalized spacial score (nSPS) is 11.4. The summed E-state index contributed by atoms with van der Waals surface area (Å²) >= 11 is 0. The Morgan fingerprint density at radius 1 is 0.640 bits per heavy atom. The summed E-state index contributed by atoms with van der Waals surface area (Å²) < 4.78 is 6.32. The van der Waals surface area contributed by atoms with Gasteiger partial charge < -0.3 is 4.74 Å². The molecule has 0 spiro atoms. The van der Waals surface area contributed by atoms with E-state index in [-0.39, 0.29) is 6.10 Å². The summed E-state index contributed by atoms with van der Waals surface area (Å²) in [5.74, 6) is 0. The first-order valence-corrected chi connectivity index (χ1v) is 8.74. The molecular formula is C24H21O. The predicted octanol–water partition coefficient (Wildman–Crippen LogP) is 6.32. The van der Waals surface area contributed by atoms with E-state index in [1.807, 2.05) is 0 Å². The third-order valence-corrected chi connectivity index (χ3v) is 4.64. The van der Waals surface area contributed by atoms with Gasteiger partial charge in [0.05, 0.1) is 0 Å². The second kappa shape index (κ2) is 7.08. The van der Waals surface area contributed by atoms with Crippen molar-refractivity contribution in [1.82, 2.24) is 0 Å². The van der Waals surface area contributed by atoms with Crippen LogP contribution < -0.4 is 0 Å². The van der Waals surface area contributed by atoms with E-state index in [0.29, 0.717) is 6.61 Å². The van der Waals surface area contributed by atoms with Gasteiger partial charge >= 0.3 is 0 Å². The van der Waals surface area contributed by atoms with Gasteiger partial charge in [-0.15, -0.1) is 0 Å².